The van der Waals surface area contributed by atoms with E-state index in [1.54, 1.807) is 5.69 Å². The lowest BCUT2D eigenvalue weighted by atomic mass is 9.74. The van der Waals surface area contributed by atoms with Crippen molar-refractivity contribution in [3.8, 4) is 0 Å². The van der Waals surface area contributed by atoms with Crippen molar-refractivity contribution in [3.63, 3.8) is 0 Å². The number of nitrogens with one attached hydrogen (secondary N) is 1. The Morgan fingerprint density at radius 1 is 1.40 bits per heavy atom. The molecule has 2 aliphatic heterocycles. The Hall–Kier alpha value is -0.800. The van der Waals surface area contributed by atoms with Crippen molar-refractivity contribution in [2.75, 3.05) is 19.8 Å². The Kier molecular flexibility index (Phi) is 2.11. The summed E-state index contributed by atoms with van der Waals surface area (Å²) in [6.07, 6.45) is 4.50. The molecular weight excluding hydrogens is 188 g/mol. The van der Waals surface area contributed by atoms with Crippen LogP contribution in [0, 0.1) is 0 Å². The third-order valence-electron chi connectivity index (χ3n) is 3.89. The monoisotopic (exact) mass is 206 g/mol. The molecule has 82 valence electrons. The second-order valence-corrected chi connectivity index (χ2v) is 4.80. The molecule has 1 aromatic heterocycles. The summed E-state index contributed by atoms with van der Waals surface area (Å²) in [7, 11) is 2.17. The van der Waals surface area contributed by atoms with Crippen LogP contribution in [0.2, 0.25) is 0 Å². The van der Waals surface area contributed by atoms with Crippen molar-refractivity contribution in [2.24, 2.45) is 7.05 Å². The highest BCUT2D eigenvalue weighted by Gasteiger charge is 2.39. The molecule has 1 spiro atoms. The maximum atomic E-state index is 5.49. The van der Waals surface area contributed by atoms with Gasteiger partial charge in [-0.3, -0.25) is 0 Å². The van der Waals surface area contributed by atoms with Gasteiger partial charge in [0, 0.05) is 50.7 Å². The lowest BCUT2D eigenvalue weighted by Gasteiger charge is -2.41. The molecule has 3 rings (SSSR count). The zero-order valence-corrected chi connectivity index (χ0v) is 9.25. The molecule has 0 aromatic carbocycles. The SMILES string of the molecule is Cn1ccc2c1C1(CCOCC1)CNC2. The molecule has 0 aliphatic carbocycles. The second kappa shape index (κ2) is 3.35. The summed E-state index contributed by atoms with van der Waals surface area (Å²) in [4.78, 5) is 0. The molecule has 3 heterocycles. The average Bonchev–Trinajstić information content (AvgIpc) is 2.63. The molecule has 0 bridgehead atoms. The lowest BCUT2D eigenvalue weighted by molar-refractivity contribution is 0.0445. The second-order valence-electron chi connectivity index (χ2n) is 4.80. The van der Waals surface area contributed by atoms with Gasteiger partial charge in [-0.15, -0.1) is 0 Å². The van der Waals surface area contributed by atoms with Crippen LogP contribution >= 0.6 is 0 Å². The first-order valence-electron chi connectivity index (χ1n) is 5.75. The van der Waals surface area contributed by atoms with Crippen LogP contribution in [0.3, 0.4) is 0 Å². The fourth-order valence-corrected chi connectivity index (χ4v) is 3.13. The van der Waals surface area contributed by atoms with Crippen LogP contribution in [-0.4, -0.2) is 24.3 Å². The minimum Gasteiger partial charge on any atom is -0.381 e. The first kappa shape index (κ1) is 9.43. The van der Waals surface area contributed by atoms with Gasteiger partial charge in [-0.05, 0) is 24.5 Å². The molecular formula is C12H18N2O. The van der Waals surface area contributed by atoms with Crippen LogP contribution < -0.4 is 5.32 Å². The van der Waals surface area contributed by atoms with E-state index in [1.807, 2.05) is 0 Å². The number of aryl methyl sites for hydroxylation is 1. The molecule has 2 aliphatic rings. The molecule has 0 atom stereocenters. The maximum absolute atomic E-state index is 5.49. The highest BCUT2D eigenvalue weighted by Crippen LogP contribution is 2.38. The number of hydrogen-bond donors (Lipinski definition) is 1. The van der Waals surface area contributed by atoms with Crippen LogP contribution in [0.4, 0.5) is 0 Å². The molecule has 15 heavy (non-hydrogen) atoms. The molecule has 1 saturated heterocycles. The first-order valence-corrected chi connectivity index (χ1v) is 5.75. The molecule has 0 saturated carbocycles. The van der Waals surface area contributed by atoms with Crippen molar-refractivity contribution < 1.29 is 4.74 Å². The fraction of sp³-hybridized carbons (Fsp3) is 0.667. The molecule has 1 fully saturated rings. The van der Waals surface area contributed by atoms with E-state index < -0.39 is 0 Å². The highest BCUT2D eigenvalue weighted by molar-refractivity contribution is 5.33. The van der Waals surface area contributed by atoms with Gasteiger partial charge in [-0.2, -0.15) is 0 Å². The molecule has 0 amide bonds. The summed E-state index contributed by atoms with van der Waals surface area (Å²) < 4.78 is 7.80. The third kappa shape index (κ3) is 1.34. The van der Waals surface area contributed by atoms with Crippen molar-refractivity contribution in [3.05, 3.63) is 23.5 Å². The van der Waals surface area contributed by atoms with Gasteiger partial charge in [0.1, 0.15) is 0 Å². The van der Waals surface area contributed by atoms with Crippen LogP contribution in [-0.2, 0) is 23.7 Å². The van der Waals surface area contributed by atoms with E-state index in [9.17, 15) is 0 Å². The molecule has 1 aromatic rings. The summed E-state index contributed by atoms with van der Waals surface area (Å²) in [5.74, 6) is 0. The number of ether oxygens (including phenoxy) is 1. The van der Waals surface area contributed by atoms with Crippen LogP contribution in [0.1, 0.15) is 24.1 Å². The summed E-state index contributed by atoms with van der Waals surface area (Å²) in [5.41, 5.74) is 3.36. The minimum atomic E-state index is 0.337. The molecule has 3 heteroatoms. The van der Waals surface area contributed by atoms with E-state index in [-0.39, 0.29) is 0 Å². The van der Waals surface area contributed by atoms with Crippen LogP contribution in [0.5, 0.6) is 0 Å². The van der Waals surface area contributed by atoms with Crippen molar-refractivity contribution >= 4 is 0 Å². The number of fused-ring (bicyclic) bond motifs is 2. The Balaban J connectivity index is 2.06. The zero-order chi connectivity index (χ0) is 10.3. The van der Waals surface area contributed by atoms with E-state index in [1.165, 1.54) is 5.56 Å². The normalized spacial score (nSPS) is 24.1. The van der Waals surface area contributed by atoms with E-state index in [4.69, 9.17) is 4.74 Å². The van der Waals surface area contributed by atoms with Gasteiger partial charge in [0.05, 0.1) is 0 Å². The fourth-order valence-electron chi connectivity index (χ4n) is 3.13. The largest absolute Gasteiger partial charge is 0.381 e. The van der Waals surface area contributed by atoms with E-state index in [0.29, 0.717) is 5.41 Å². The van der Waals surface area contributed by atoms with E-state index in [0.717, 1.165) is 39.1 Å². The van der Waals surface area contributed by atoms with Crippen LogP contribution in [0.15, 0.2) is 12.3 Å². The predicted molar refractivity (Wildman–Crippen MR) is 58.9 cm³/mol. The highest BCUT2D eigenvalue weighted by atomic mass is 16.5. The summed E-state index contributed by atoms with van der Waals surface area (Å²) in [5, 5.41) is 3.55. The Bertz CT molecular complexity index is 364. The van der Waals surface area contributed by atoms with Crippen LogP contribution in [0.25, 0.3) is 0 Å². The van der Waals surface area contributed by atoms with Crippen molar-refractivity contribution in [2.45, 2.75) is 24.8 Å². The topological polar surface area (TPSA) is 26.2 Å². The molecule has 0 unspecified atom stereocenters. The predicted octanol–water partition coefficient (Wildman–Crippen LogP) is 1.18. The van der Waals surface area contributed by atoms with E-state index in [2.05, 4.69) is 29.2 Å². The van der Waals surface area contributed by atoms with Crippen molar-refractivity contribution in [1.29, 1.82) is 0 Å². The van der Waals surface area contributed by atoms with Crippen molar-refractivity contribution in [1.82, 2.24) is 9.88 Å². The Morgan fingerprint density at radius 2 is 2.20 bits per heavy atom. The maximum Gasteiger partial charge on any atom is 0.0475 e. The first-order chi connectivity index (χ1) is 7.32. The van der Waals surface area contributed by atoms with Gasteiger partial charge >= 0.3 is 0 Å². The van der Waals surface area contributed by atoms with Gasteiger partial charge in [-0.25, -0.2) is 0 Å². The molecule has 3 nitrogen and oxygen atoms in total. The Morgan fingerprint density at radius 3 is 3.00 bits per heavy atom. The molecule has 0 radical (unpaired) electrons. The number of hydrogen-bond acceptors (Lipinski definition) is 2. The van der Waals surface area contributed by atoms with Gasteiger partial charge in [0.25, 0.3) is 0 Å². The number of nitrogens with zero attached hydrogens (tertiary/aromatic N) is 1. The summed E-state index contributed by atoms with van der Waals surface area (Å²) in [6, 6.07) is 2.25. The minimum absolute atomic E-state index is 0.337. The summed E-state index contributed by atoms with van der Waals surface area (Å²) in [6.45, 7) is 3.96. The average molecular weight is 206 g/mol. The van der Waals surface area contributed by atoms with Gasteiger partial charge < -0.3 is 14.6 Å². The third-order valence-corrected chi connectivity index (χ3v) is 3.89. The van der Waals surface area contributed by atoms with Gasteiger partial charge in [0.15, 0.2) is 0 Å². The summed E-state index contributed by atoms with van der Waals surface area (Å²) >= 11 is 0. The number of aromatic nitrogens is 1. The Labute approximate surface area is 90.4 Å². The smallest absolute Gasteiger partial charge is 0.0475 e. The zero-order valence-electron chi connectivity index (χ0n) is 9.25. The quantitative estimate of drug-likeness (QED) is 0.690. The van der Waals surface area contributed by atoms with Gasteiger partial charge in [-0.1, -0.05) is 0 Å². The number of rotatable bonds is 0. The van der Waals surface area contributed by atoms with E-state index >= 15 is 0 Å². The standard InChI is InChI=1S/C12H18N2O/c1-14-5-2-10-8-13-9-12(11(10)14)3-6-15-7-4-12/h2,5,13H,3-4,6-9H2,1H3. The lowest BCUT2D eigenvalue weighted by Crippen LogP contribution is -2.47. The molecule has 1 N–H and O–H groups in total. The van der Waals surface area contributed by atoms with Gasteiger partial charge in [0.2, 0.25) is 0 Å².